The zero-order chi connectivity index (χ0) is 20.5. The third kappa shape index (κ3) is 7.23. The lowest BCUT2D eigenvalue weighted by molar-refractivity contribution is 0.201. The third-order valence-electron chi connectivity index (χ3n) is 4.64. The van der Waals surface area contributed by atoms with E-state index in [1.807, 2.05) is 44.2 Å². The number of benzene rings is 1. The van der Waals surface area contributed by atoms with Crippen LogP contribution in [0.15, 0.2) is 41.5 Å². The number of aromatic nitrogens is 1. The SMILES string of the molecule is CCOc1ccc(OCC)c(NC(N)=NCc2ccc(OC3CCCC3)nc2)c1.I. The molecular weight excluding hydrogens is 495 g/mol. The first-order valence-corrected chi connectivity index (χ1v) is 10.3. The Kier molecular flexibility index (Phi) is 9.99. The molecule has 0 radical (unpaired) electrons. The lowest BCUT2D eigenvalue weighted by Crippen LogP contribution is -2.23. The van der Waals surface area contributed by atoms with Gasteiger partial charge in [-0.25, -0.2) is 9.98 Å². The summed E-state index contributed by atoms with van der Waals surface area (Å²) in [6.07, 6.45) is 6.79. The van der Waals surface area contributed by atoms with Gasteiger partial charge in [0.2, 0.25) is 5.88 Å². The number of nitrogens with one attached hydrogen (secondary N) is 1. The van der Waals surface area contributed by atoms with Crippen LogP contribution in [0.1, 0.15) is 45.1 Å². The van der Waals surface area contributed by atoms with Gasteiger partial charge in [0.25, 0.3) is 0 Å². The number of guanidine groups is 1. The second-order valence-electron chi connectivity index (χ2n) is 6.88. The summed E-state index contributed by atoms with van der Waals surface area (Å²) in [5, 5.41) is 3.10. The molecule has 0 spiro atoms. The van der Waals surface area contributed by atoms with Crippen LogP contribution >= 0.6 is 24.0 Å². The highest BCUT2D eigenvalue weighted by atomic mass is 127. The summed E-state index contributed by atoms with van der Waals surface area (Å²) in [6, 6.07) is 9.44. The number of rotatable bonds is 9. The summed E-state index contributed by atoms with van der Waals surface area (Å²) in [6.45, 7) is 5.44. The first-order chi connectivity index (χ1) is 14.2. The fourth-order valence-corrected chi connectivity index (χ4v) is 3.25. The second-order valence-corrected chi connectivity index (χ2v) is 6.88. The van der Waals surface area contributed by atoms with Crippen LogP contribution in [0.4, 0.5) is 5.69 Å². The van der Waals surface area contributed by atoms with Crippen molar-refractivity contribution in [1.29, 1.82) is 0 Å². The number of pyridine rings is 1. The summed E-state index contributed by atoms with van der Waals surface area (Å²) >= 11 is 0. The fourth-order valence-electron chi connectivity index (χ4n) is 3.25. The van der Waals surface area contributed by atoms with Gasteiger partial charge in [0.1, 0.15) is 17.6 Å². The molecule has 0 amide bonds. The van der Waals surface area contributed by atoms with Crippen LogP contribution in [0.3, 0.4) is 0 Å². The van der Waals surface area contributed by atoms with E-state index in [9.17, 15) is 0 Å². The maximum absolute atomic E-state index is 6.08. The average molecular weight is 526 g/mol. The lowest BCUT2D eigenvalue weighted by atomic mass is 10.2. The molecule has 1 aromatic carbocycles. The van der Waals surface area contributed by atoms with Crippen LogP contribution in [-0.2, 0) is 6.54 Å². The minimum absolute atomic E-state index is 0. The van der Waals surface area contributed by atoms with E-state index in [2.05, 4.69) is 15.3 Å². The highest BCUT2D eigenvalue weighted by Gasteiger charge is 2.16. The van der Waals surface area contributed by atoms with Crippen molar-refractivity contribution in [2.75, 3.05) is 18.5 Å². The minimum atomic E-state index is 0. The number of nitrogens with two attached hydrogens (primary N) is 1. The van der Waals surface area contributed by atoms with Gasteiger partial charge in [0, 0.05) is 18.3 Å². The van der Waals surface area contributed by atoms with Gasteiger partial charge in [0.15, 0.2) is 5.96 Å². The molecule has 0 aliphatic heterocycles. The Balaban J connectivity index is 0.00000320. The Morgan fingerprint density at radius 1 is 1.13 bits per heavy atom. The summed E-state index contributed by atoms with van der Waals surface area (Å²) < 4.78 is 17.1. The van der Waals surface area contributed by atoms with Crippen molar-refractivity contribution < 1.29 is 14.2 Å². The van der Waals surface area contributed by atoms with E-state index >= 15 is 0 Å². The van der Waals surface area contributed by atoms with Crippen molar-refractivity contribution in [3.63, 3.8) is 0 Å². The van der Waals surface area contributed by atoms with Crippen molar-refractivity contribution >= 4 is 35.6 Å². The van der Waals surface area contributed by atoms with Crippen molar-refractivity contribution in [2.45, 2.75) is 52.2 Å². The number of hydrogen-bond acceptors (Lipinski definition) is 5. The van der Waals surface area contributed by atoms with E-state index in [0.29, 0.717) is 43.5 Å². The van der Waals surface area contributed by atoms with Crippen LogP contribution < -0.4 is 25.3 Å². The largest absolute Gasteiger partial charge is 0.494 e. The van der Waals surface area contributed by atoms with Gasteiger partial charge in [-0.15, -0.1) is 24.0 Å². The molecule has 30 heavy (non-hydrogen) atoms. The van der Waals surface area contributed by atoms with E-state index in [1.165, 1.54) is 12.8 Å². The molecule has 1 fully saturated rings. The van der Waals surface area contributed by atoms with Gasteiger partial charge in [-0.3, -0.25) is 0 Å². The third-order valence-corrected chi connectivity index (χ3v) is 4.64. The first-order valence-electron chi connectivity index (χ1n) is 10.3. The fraction of sp³-hybridized carbons (Fsp3) is 0.455. The molecule has 1 aromatic heterocycles. The van der Waals surface area contributed by atoms with Gasteiger partial charge in [-0.05, 0) is 57.2 Å². The monoisotopic (exact) mass is 526 g/mol. The first kappa shape index (κ1) is 24.0. The number of halogens is 1. The average Bonchev–Trinajstić information content (AvgIpc) is 3.23. The normalized spacial score (nSPS) is 14.1. The molecule has 7 nitrogen and oxygen atoms in total. The molecule has 3 rings (SSSR count). The molecule has 1 saturated carbocycles. The Morgan fingerprint density at radius 2 is 1.90 bits per heavy atom. The number of anilines is 1. The van der Waals surface area contributed by atoms with Crippen LogP contribution in [0.2, 0.25) is 0 Å². The molecule has 8 heteroatoms. The van der Waals surface area contributed by atoms with Crippen LogP contribution in [0, 0.1) is 0 Å². The van der Waals surface area contributed by atoms with Crippen molar-refractivity contribution in [2.24, 2.45) is 10.7 Å². The summed E-state index contributed by atoms with van der Waals surface area (Å²) in [7, 11) is 0. The van der Waals surface area contributed by atoms with Gasteiger partial charge < -0.3 is 25.3 Å². The quantitative estimate of drug-likeness (QED) is 0.279. The summed E-state index contributed by atoms with van der Waals surface area (Å²) in [5.41, 5.74) is 7.76. The topological polar surface area (TPSA) is 91.0 Å². The Hall–Kier alpha value is -2.23. The van der Waals surface area contributed by atoms with E-state index in [0.717, 1.165) is 29.8 Å². The molecule has 0 bridgehead atoms. The van der Waals surface area contributed by atoms with Crippen LogP contribution in [0.5, 0.6) is 17.4 Å². The van der Waals surface area contributed by atoms with E-state index in [-0.39, 0.29) is 24.0 Å². The van der Waals surface area contributed by atoms with E-state index < -0.39 is 0 Å². The van der Waals surface area contributed by atoms with Gasteiger partial charge >= 0.3 is 0 Å². The predicted molar refractivity (Wildman–Crippen MR) is 130 cm³/mol. The van der Waals surface area contributed by atoms with Gasteiger partial charge in [-0.1, -0.05) is 6.07 Å². The molecule has 1 aliphatic carbocycles. The van der Waals surface area contributed by atoms with Gasteiger partial charge in [0.05, 0.1) is 25.4 Å². The molecule has 0 saturated heterocycles. The molecule has 1 heterocycles. The molecule has 2 aromatic rings. The Bertz CT molecular complexity index is 809. The maximum atomic E-state index is 6.08. The molecule has 0 atom stereocenters. The zero-order valence-corrected chi connectivity index (χ0v) is 19.9. The highest BCUT2D eigenvalue weighted by Crippen LogP contribution is 2.29. The molecule has 1 aliphatic rings. The number of ether oxygens (including phenoxy) is 3. The standard InChI is InChI=1S/C22H30N4O3.HI/c1-3-27-18-10-11-20(28-4-2)19(13-18)26-22(23)25-15-16-9-12-21(24-14-16)29-17-7-5-6-8-17;/h9-14,17H,3-8,15H2,1-2H3,(H3,23,25,26);1H. The maximum Gasteiger partial charge on any atom is 0.213 e. The van der Waals surface area contributed by atoms with Gasteiger partial charge in [-0.2, -0.15) is 0 Å². The highest BCUT2D eigenvalue weighted by molar-refractivity contribution is 14.0. The Labute approximate surface area is 195 Å². The van der Waals surface area contributed by atoms with Crippen molar-refractivity contribution in [3.05, 3.63) is 42.1 Å². The number of hydrogen-bond donors (Lipinski definition) is 2. The van der Waals surface area contributed by atoms with Crippen LogP contribution in [0.25, 0.3) is 0 Å². The van der Waals surface area contributed by atoms with Crippen molar-refractivity contribution in [1.82, 2.24) is 4.98 Å². The molecular formula is C22H31IN4O3. The van der Waals surface area contributed by atoms with E-state index in [4.69, 9.17) is 19.9 Å². The molecule has 164 valence electrons. The smallest absolute Gasteiger partial charge is 0.213 e. The molecule has 3 N–H and O–H groups in total. The summed E-state index contributed by atoms with van der Waals surface area (Å²) in [4.78, 5) is 8.79. The van der Waals surface area contributed by atoms with Crippen molar-refractivity contribution in [3.8, 4) is 17.4 Å². The summed E-state index contributed by atoms with van der Waals surface area (Å²) in [5.74, 6) is 2.41. The van der Waals surface area contributed by atoms with Crippen LogP contribution in [-0.4, -0.2) is 30.3 Å². The zero-order valence-electron chi connectivity index (χ0n) is 17.6. The number of aliphatic imine (C=N–C) groups is 1. The van der Waals surface area contributed by atoms with E-state index in [1.54, 1.807) is 6.20 Å². The number of nitrogens with zero attached hydrogens (tertiary/aromatic N) is 2. The predicted octanol–water partition coefficient (Wildman–Crippen LogP) is 4.75. The second kappa shape index (κ2) is 12.5. The Morgan fingerprint density at radius 3 is 2.57 bits per heavy atom. The lowest BCUT2D eigenvalue weighted by Gasteiger charge is -2.14. The minimum Gasteiger partial charge on any atom is -0.494 e. The molecule has 0 unspecified atom stereocenters.